The van der Waals surface area contributed by atoms with E-state index in [9.17, 15) is 33.6 Å². The third kappa shape index (κ3) is 13.5. The molecule has 0 saturated carbocycles. The fourth-order valence-electron chi connectivity index (χ4n) is 4.72. The third-order valence-electron chi connectivity index (χ3n) is 6.75. The number of carbonyl (C=O) groups excluding carboxylic acids is 4. The number of hydrogen-bond acceptors (Lipinski definition) is 8. The summed E-state index contributed by atoms with van der Waals surface area (Å²) in [7, 11) is -1.96. The molecule has 1 heterocycles. The molecule has 14 nitrogen and oxygen atoms in total. The Morgan fingerprint density at radius 1 is 1.00 bits per heavy atom. The molecule has 5 atom stereocenters. The first-order valence-corrected chi connectivity index (χ1v) is 14.2. The highest BCUT2D eigenvalue weighted by atomic mass is 19.1. The third-order valence-corrected chi connectivity index (χ3v) is 6.75. The number of piperidine rings is 1. The lowest BCUT2D eigenvalue weighted by molar-refractivity contribution is -0.140. The number of alkyl halides is 1. The monoisotopic (exact) mass is 586 g/mol. The first-order valence-electron chi connectivity index (χ1n) is 14.2. The largest absolute Gasteiger partial charge is 0.475 e. The van der Waals surface area contributed by atoms with Crippen molar-refractivity contribution < 1.29 is 33.6 Å². The van der Waals surface area contributed by atoms with Crippen molar-refractivity contribution in [2.24, 2.45) is 28.1 Å². The minimum atomic E-state index is -1.96. The molecule has 11 N–H and O–H groups in total. The first kappa shape index (κ1) is 36.1. The second-order valence-corrected chi connectivity index (χ2v) is 10.9. The van der Waals surface area contributed by atoms with Gasteiger partial charge in [-0.15, -0.1) is 0 Å². The molecule has 2 unspecified atom stereocenters. The van der Waals surface area contributed by atoms with E-state index in [1.165, 1.54) is 11.8 Å². The van der Waals surface area contributed by atoms with Gasteiger partial charge in [0.05, 0.1) is 5.94 Å². The van der Waals surface area contributed by atoms with Crippen molar-refractivity contribution in [3.05, 3.63) is 0 Å². The van der Waals surface area contributed by atoms with Crippen LogP contribution in [-0.2, 0) is 19.2 Å². The molecule has 1 rings (SSSR count). The van der Waals surface area contributed by atoms with Crippen LogP contribution < -0.4 is 33.2 Å². The maximum Gasteiger partial charge on any atom is 0.475 e. The molecule has 1 saturated heterocycles. The van der Waals surface area contributed by atoms with Crippen molar-refractivity contribution in [1.82, 2.24) is 20.9 Å². The average molecular weight is 587 g/mol. The van der Waals surface area contributed by atoms with E-state index in [4.69, 9.17) is 17.2 Å². The normalized spacial score (nSPS) is 19.1. The van der Waals surface area contributed by atoms with Gasteiger partial charge >= 0.3 is 7.12 Å². The molecular formula is C25H48BFN8O6. The Morgan fingerprint density at radius 3 is 2.17 bits per heavy atom. The van der Waals surface area contributed by atoms with Gasteiger partial charge in [0.1, 0.15) is 24.3 Å². The van der Waals surface area contributed by atoms with Gasteiger partial charge < -0.3 is 48.1 Å². The summed E-state index contributed by atoms with van der Waals surface area (Å²) in [5, 5.41) is 27.6. The van der Waals surface area contributed by atoms with Crippen molar-refractivity contribution in [3.8, 4) is 0 Å². The number of hydrogen-bond donors (Lipinski definition) is 8. The van der Waals surface area contributed by atoms with E-state index in [-0.39, 0.29) is 50.7 Å². The molecule has 1 fully saturated rings. The van der Waals surface area contributed by atoms with Crippen molar-refractivity contribution in [1.29, 1.82) is 0 Å². The highest BCUT2D eigenvalue weighted by Gasteiger charge is 2.41. The number of nitrogens with zero attached hydrogens (tertiary/aromatic N) is 2. The van der Waals surface area contributed by atoms with Crippen LogP contribution >= 0.6 is 0 Å². The summed E-state index contributed by atoms with van der Waals surface area (Å²) in [6.07, 6.45) is 0.695. The predicted octanol–water partition coefficient (Wildman–Crippen LogP) is -1.97. The van der Waals surface area contributed by atoms with Gasteiger partial charge in [-0.1, -0.05) is 13.8 Å². The molecule has 0 bridgehead atoms. The summed E-state index contributed by atoms with van der Waals surface area (Å²) in [4.78, 5) is 56.9. The smallest absolute Gasteiger partial charge is 0.426 e. The van der Waals surface area contributed by atoms with E-state index in [1.807, 2.05) is 13.8 Å². The molecule has 41 heavy (non-hydrogen) atoms. The van der Waals surface area contributed by atoms with E-state index in [0.717, 1.165) is 0 Å². The van der Waals surface area contributed by atoms with Crippen LogP contribution in [0.5, 0.6) is 0 Å². The van der Waals surface area contributed by atoms with Gasteiger partial charge in [0.25, 0.3) is 0 Å². The molecule has 234 valence electrons. The van der Waals surface area contributed by atoms with Crippen LogP contribution in [0.25, 0.3) is 0 Å². The molecule has 0 aromatic carbocycles. The number of unbranched alkanes of at least 4 members (excludes halogenated alkanes) is 1. The Hall–Kier alpha value is -2.98. The summed E-state index contributed by atoms with van der Waals surface area (Å²) < 4.78 is 14.0. The maximum atomic E-state index is 14.0. The Balaban J connectivity index is 3.16. The summed E-state index contributed by atoms with van der Waals surface area (Å²) in [5.41, 5.74) is 16.3. The van der Waals surface area contributed by atoms with Crippen LogP contribution in [-0.4, -0.2) is 102 Å². The van der Waals surface area contributed by atoms with E-state index < -0.39 is 61.0 Å². The summed E-state index contributed by atoms with van der Waals surface area (Å²) >= 11 is 0. The molecule has 0 aliphatic carbocycles. The minimum Gasteiger partial charge on any atom is -0.426 e. The highest BCUT2D eigenvalue weighted by molar-refractivity contribution is 6.43. The molecule has 0 spiro atoms. The summed E-state index contributed by atoms with van der Waals surface area (Å²) in [6.45, 7) is 5.57. The van der Waals surface area contributed by atoms with Gasteiger partial charge in [-0.2, -0.15) is 0 Å². The Labute approximate surface area is 241 Å². The number of amides is 4. The Bertz CT molecular complexity index is 892. The lowest BCUT2D eigenvalue weighted by atomic mass is 9.73. The van der Waals surface area contributed by atoms with Crippen molar-refractivity contribution in [3.63, 3.8) is 0 Å². The van der Waals surface area contributed by atoms with Crippen LogP contribution in [0.1, 0.15) is 72.1 Å². The topological polar surface area (TPSA) is 238 Å². The number of likely N-dealkylation sites (tertiary alicyclic amines) is 1. The second-order valence-electron chi connectivity index (χ2n) is 10.9. The molecule has 0 radical (unpaired) electrons. The van der Waals surface area contributed by atoms with Crippen molar-refractivity contribution >= 4 is 36.7 Å². The standard InChI is InChI=1S/C25H48BFN8O6/c1-15(2)13-20(34-22(37)18(32-16(3)36)7-4-5-10-28)23(38)33-19(8-6-11-31-25(29)30)24(39)35-12-9-17(27)14-21(35)26(40)41/h15,17-21,40-41H,4-14,28H2,1-3H3,(H,32,36)(H,33,38)(H,34,37)(H4,29,30,31)/t17?,18-,19-,20-,21?/m0/s1. The SMILES string of the molecule is CC(=O)N[C@@H](CCCCN)C(=O)N[C@@H](CC(C)C)C(=O)N[C@@H](CCCN=C(N)N)C(=O)N1CCC(F)CC1B(O)O. The Morgan fingerprint density at radius 2 is 1.61 bits per heavy atom. The van der Waals surface area contributed by atoms with Crippen LogP contribution in [0.4, 0.5) is 4.39 Å². The lowest BCUT2D eigenvalue weighted by Gasteiger charge is -2.39. The predicted molar refractivity (Wildman–Crippen MR) is 154 cm³/mol. The average Bonchev–Trinajstić information content (AvgIpc) is 2.88. The fourth-order valence-corrected chi connectivity index (χ4v) is 4.72. The maximum absolute atomic E-state index is 14.0. The van der Waals surface area contributed by atoms with Gasteiger partial charge in [0, 0.05) is 20.0 Å². The zero-order valence-corrected chi connectivity index (χ0v) is 24.4. The summed E-state index contributed by atoms with van der Waals surface area (Å²) in [5.74, 6) is -3.50. The number of nitrogens with two attached hydrogens (primary N) is 3. The second kappa shape index (κ2) is 18.5. The van der Waals surface area contributed by atoms with Crippen LogP contribution in [0.15, 0.2) is 4.99 Å². The summed E-state index contributed by atoms with van der Waals surface area (Å²) in [6, 6.07) is -3.03. The molecule has 1 aliphatic heterocycles. The minimum absolute atomic E-state index is 0.0176. The zero-order valence-electron chi connectivity index (χ0n) is 24.4. The van der Waals surface area contributed by atoms with Gasteiger partial charge in [-0.25, -0.2) is 4.39 Å². The van der Waals surface area contributed by atoms with E-state index in [0.29, 0.717) is 32.2 Å². The number of aliphatic imine (C=N–C) groups is 1. The van der Waals surface area contributed by atoms with E-state index >= 15 is 0 Å². The number of carbonyl (C=O) groups is 4. The van der Waals surface area contributed by atoms with Crippen LogP contribution in [0, 0.1) is 5.92 Å². The molecule has 0 aromatic rings. The highest BCUT2D eigenvalue weighted by Crippen LogP contribution is 2.22. The number of guanidine groups is 1. The molecule has 16 heteroatoms. The van der Waals surface area contributed by atoms with E-state index in [2.05, 4.69) is 20.9 Å². The number of nitrogens with one attached hydrogen (secondary N) is 3. The quantitative estimate of drug-likeness (QED) is 0.0408. The molecule has 1 aliphatic rings. The van der Waals surface area contributed by atoms with Crippen molar-refractivity contribution in [2.45, 2.75) is 102 Å². The molecule has 0 aromatic heterocycles. The van der Waals surface area contributed by atoms with Crippen molar-refractivity contribution in [2.75, 3.05) is 19.6 Å². The number of halogens is 1. The van der Waals surface area contributed by atoms with Gasteiger partial charge in [-0.05, 0) is 63.8 Å². The van der Waals surface area contributed by atoms with Crippen LogP contribution in [0.2, 0.25) is 0 Å². The zero-order chi connectivity index (χ0) is 31.1. The first-order chi connectivity index (χ1) is 19.3. The Kier molecular flexibility index (Phi) is 16.2. The molecule has 4 amide bonds. The lowest BCUT2D eigenvalue weighted by Crippen LogP contribution is -2.61. The van der Waals surface area contributed by atoms with E-state index in [1.54, 1.807) is 0 Å². The van der Waals surface area contributed by atoms with Gasteiger partial charge in [0.2, 0.25) is 23.6 Å². The van der Waals surface area contributed by atoms with Gasteiger partial charge in [-0.3, -0.25) is 24.2 Å². The fraction of sp³-hybridized carbons (Fsp3) is 0.800. The number of rotatable bonds is 17. The van der Waals surface area contributed by atoms with Gasteiger partial charge in [0.15, 0.2) is 5.96 Å². The molecular weight excluding hydrogens is 538 g/mol. The van der Waals surface area contributed by atoms with Crippen LogP contribution in [0.3, 0.4) is 0 Å².